The number of hydrogen-bond donors (Lipinski definition) is 1. The highest BCUT2D eigenvalue weighted by molar-refractivity contribution is 9.10. The number of amides is 1. The molecule has 5 nitrogen and oxygen atoms in total. The summed E-state index contributed by atoms with van der Waals surface area (Å²) < 4.78 is 12.2. The molecule has 0 aliphatic carbocycles. The molecule has 1 fully saturated rings. The zero-order chi connectivity index (χ0) is 15.5. The van der Waals surface area contributed by atoms with E-state index in [0.29, 0.717) is 24.6 Å². The molecule has 0 unspecified atom stereocenters. The van der Waals surface area contributed by atoms with Crippen molar-refractivity contribution in [2.45, 2.75) is 19.1 Å². The maximum atomic E-state index is 12.3. The van der Waals surface area contributed by atoms with E-state index in [1.165, 1.54) is 0 Å². The molecule has 2 aromatic rings. The molecule has 1 aromatic heterocycles. The molecule has 1 aliphatic rings. The summed E-state index contributed by atoms with van der Waals surface area (Å²) in [6.07, 6.45) is 0.839. The van der Waals surface area contributed by atoms with Crippen molar-refractivity contribution in [1.29, 1.82) is 0 Å². The van der Waals surface area contributed by atoms with Gasteiger partial charge < -0.3 is 19.8 Å². The quantitative estimate of drug-likeness (QED) is 0.905. The standard InChI is InChI=1S/C16H17BrN2O3/c17-11-2-1-3-13(8-11)21-10-14-4-5-15(22-14)16(20)19-7-6-12(18)9-19/h1-5,8,12H,6-7,9-10,18H2/t12-/m1/s1. The van der Waals surface area contributed by atoms with E-state index < -0.39 is 0 Å². The second-order valence-electron chi connectivity index (χ2n) is 5.31. The number of furan rings is 1. The molecule has 1 aliphatic heterocycles. The molecule has 116 valence electrons. The lowest BCUT2D eigenvalue weighted by Gasteiger charge is -2.13. The van der Waals surface area contributed by atoms with E-state index in [2.05, 4.69) is 15.9 Å². The largest absolute Gasteiger partial charge is 0.486 e. The van der Waals surface area contributed by atoms with E-state index in [1.54, 1.807) is 17.0 Å². The van der Waals surface area contributed by atoms with Crippen LogP contribution in [0.15, 0.2) is 45.3 Å². The number of nitrogens with zero attached hydrogens (tertiary/aromatic N) is 1. The second-order valence-corrected chi connectivity index (χ2v) is 6.23. The first-order valence-electron chi connectivity index (χ1n) is 7.14. The lowest BCUT2D eigenvalue weighted by molar-refractivity contribution is 0.0755. The van der Waals surface area contributed by atoms with Gasteiger partial charge in [-0.3, -0.25) is 4.79 Å². The van der Waals surface area contributed by atoms with Crippen molar-refractivity contribution in [1.82, 2.24) is 4.90 Å². The summed E-state index contributed by atoms with van der Waals surface area (Å²) in [5.41, 5.74) is 5.82. The first kappa shape index (κ1) is 15.1. The number of rotatable bonds is 4. The number of carbonyl (C=O) groups is 1. The van der Waals surface area contributed by atoms with Crippen LogP contribution < -0.4 is 10.5 Å². The third kappa shape index (κ3) is 3.51. The van der Waals surface area contributed by atoms with Crippen LogP contribution in [0.4, 0.5) is 0 Å². The molecule has 1 amide bonds. The van der Waals surface area contributed by atoms with Gasteiger partial charge >= 0.3 is 0 Å². The van der Waals surface area contributed by atoms with Gasteiger partial charge in [0.25, 0.3) is 5.91 Å². The van der Waals surface area contributed by atoms with E-state index in [1.807, 2.05) is 24.3 Å². The van der Waals surface area contributed by atoms with Gasteiger partial charge in [-0.05, 0) is 36.8 Å². The van der Waals surface area contributed by atoms with Gasteiger partial charge in [-0.25, -0.2) is 0 Å². The molecule has 2 N–H and O–H groups in total. The molecule has 6 heteroatoms. The fourth-order valence-electron chi connectivity index (χ4n) is 2.41. The monoisotopic (exact) mass is 364 g/mol. The number of carbonyl (C=O) groups excluding carboxylic acids is 1. The van der Waals surface area contributed by atoms with Crippen LogP contribution in [0.1, 0.15) is 22.7 Å². The van der Waals surface area contributed by atoms with Crippen LogP contribution in [-0.2, 0) is 6.61 Å². The molecule has 1 aromatic carbocycles. The van der Waals surface area contributed by atoms with Gasteiger partial charge in [0.1, 0.15) is 18.1 Å². The summed E-state index contributed by atoms with van der Waals surface area (Å²) in [4.78, 5) is 14.0. The Morgan fingerprint density at radius 3 is 3.00 bits per heavy atom. The van der Waals surface area contributed by atoms with Crippen molar-refractivity contribution >= 4 is 21.8 Å². The van der Waals surface area contributed by atoms with Gasteiger partial charge in [-0.15, -0.1) is 0 Å². The van der Waals surface area contributed by atoms with Gasteiger partial charge in [-0.1, -0.05) is 22.0 Å². The van der Waals surface area contributed by atoms with Crippen LogP contribution in [-0.4, -0.2) is 29.9 Å². The van der Waals surface area contributed by atoms with Crippen LogP contribution in [0.25, 0.3) is 0 Å². The molecule has 2 heterocycles. The summed E-state index contributed by atoms with van der Waals surface area (Å²) in [6.45, 7) is 1.55. The summed E-state index contributed by atoms with van der Waals surface area (Å²) in [6, 6.07) is 11.1. The highest BCUT2D eigenvalue weighted by Gasteiger charge is 2.26. The van der Waals surface area contributed by atoms with Gasteiger partial charge in [0.2, 0.25) is 0 Å². The Labute approximate surface area is 137 Å². The number of benzene rings is 1. The van der Waals surface area contributed by atoms with Crippen LogP contribution in [0.5, 0.6) is 5.75 Å². The highest BCUT2D eigenvalue weighted by Crippen LogP contribution is 2.20. The zero-order valence-corrected chi connectivity index (χ0v) is 13.6. The van der Waals surface area contributed by atoms with E-state index in [4.69, 9.17) is 14.9 Å². The Morgan fingerprint density at radius 1 is 1.41 bits per heavy atom. The van der Waals surface area contributed by atoms with Crippen LogP contribution >= 0.6 is 15.9 Å². The lowest BCUT2D eigenvalue weighted by Crippen LogP contribution is -2.31. The fraction of sp³-hybridized carbons (Fsp3) is 0.312. The van der Waals surface area contributed by atoms with E-state index in [0.717, 1.165) is 16.6 Å². The minimum Gasteiger partial charge on any atom is -0.486 e. The third-order valence-electron chi connectivity index (χ3n) is 3.56. The number of ether oxygens (including phenoxy) is 1. The van der Waals surface area contributed by atoms with Crippen molar-refractivity contribution in [3.05, 3.63) is 52.4 Å². The van der Waals surface area contributed by atoms with E-state index >= 15 is 0 Å². The molecule has 3 rings (SSSR count). The molecule has 0 radical (unpaired) electrons. The predicted molar refractivity (Wildman–Crippen MR) is 85.7 cm³/mol. The van der Waals surface area contributed by atoms with Gasteiger partial charge in [0.15, 0.2) is 5.76 Å². The maximum absolute atomic E-state index is 12.3. The first-order valence-corrected chi connectivity index (χ1v) is 7.93. The summed E-state index contributed by atoms with van der Waals surface area (Å²) in [5.74, 6) is 1.58. The number of likely N-dealkylation sites (tertiary alicyclic amines) is 1. The van der Waals surface area contributed by atoms with Crippen molar-refractivity contribution in [3.8, 4) is 5.75 Å². The van der Waals surface area contributed by atoms with Crippen LogP contribution in [0, 0.1) is 0 Å². The molecular weight excluding hydrogens is 348 g/mol. The zero-order valence-electron chi connectivity index (χ0n) is 12.0. The average molecular weight is 365 g/mol. The predicted octanol–water partition coefficient (Wildman–Crippen LogP) is 2.79. The highest BCUT2D eigenvalue weighted by atomic mass is 79.9. The second kappa shape index (κ2) is 6.54. The Balaban J connectivity index is 1.60. The Bertz CT molecular complexity index is 671. The fourth-order valence-corrected chi connectivity index (χ4v) is 2.79. The number of hydrogen-bond acceptors (Lipinski definition) is 4. The lowest BCUT2D eigenvalue weighted by atomic mass is 10.3. The average Bonchev–Trinajstić information content (AvgIpc) is 3.13. The van der Waals surface area contributed by atoms with E-state index in [-0.39, 0.29) is 18.6 Å². The number of halogens is 1. The molecule has 0 bridgehead atoms. The van der Waals surface area contributed by atoms with Gasteiger partial charge in [-0.2, -0.15) is 0 Å². The molecule has 1 atom stereocenters. The minimum absolute atomic E-state index is 0.0678. The number of nitrogens with two attached hydrogens (primary N) is 1. The van der Waals surface area contributed by atoms with Gasteiger partial charge in [0.05, 0.1) is 0 Å². The van der Waals surface area contributed by atoms with E-state index in [9.17, 15) is 4.79 Å². The summed E-state index contributed by atoms with van der Waals surface area (Å²) in [5, 5.41) is 0. The maximum Gasteiger partial charge on any atom is 0.289 e. The normalized spacial score (nSPS) is 17.7. The van der Waals surface area contributed by atoms with Crippen LogP contribution in [0.3, 0.4) is 0 Å². The Hall–Kier alpha value is -1.79. The van der Waals surface area contributed by atoms with Crippen LogP contribution in [0.2, 0.25) is 0 Å². The first-order chi connectivity index (χ1) is 10.6. The summed E-state index contributed by atoms with van der Waals surface area (Å²) >= 11 is 3.39. The van der Waals surface area contributed by atoms with Crippen molar-refractivity contribution < 1.29 is 13.9 Å². The molecule has 0 saturated carbocycles. The smallest absolute Gasteiger partial charge is 0.289 e. The van der Waals surface area contributed by atoms with Crippen molar-refractivity contribution in [3.63, 3.8) is 0 Å². The molecule has 0 spiro atoms. The Kier molecular flexibility index (Phi) is 4.49. The SMILES string of the molecule is N[C@@H]1CCN(C(=O)c2ccc(COc3cccc(Br)c3)o2)C1. The van der Waals surface area contributed by atoms with Crippen molar-refractivity contribution in [2.24, 2.45) is 5.73 Å². The van der Waals surface area contributed by atoms with Crippen molar-refractivity contribution in [2.75, 3.05) is 13.1 Å². The third-order valence-corrected chi connectivity index (χ3v) is 4.05. The molecule has 1 saturated heterocycles. The Morgan fingerprint density at radius 2 is 2.27 bits per heavy atom. The topological polar surface area (TPSA) is 68.7 Å². The molecule has 22 heavy (non-hydrogen) atoms. The van der Waals surface area contributed by atoms with Gasteiger partial charge in [0, 0.05) is 23.6 Å². The minimum atomic E-state index is -0.110. The molecular formula is C16H17BrN2O3. The summed E-state index contributed by atoms with van der Waals surface area (Å²) in [7, 11) is 0.